The molecule has 31 heavy (non-hydrogen) atoms. The Bertz CT molecular complexity index is 920. The third-order valence-electron chi connectivity index (χ3n) is 5.03. The Morgan fingerprint density at radius 1 is 0.903 bits per heavy atom. The van der Waals surface area contributed by atoms with Crippen LogP contribution in [0.1, 0.15) is 46.6 Å². The summed E-state index contributed by atoms with van der Waals surface area (Å²) in [6, 6.07) is 11.5. The minimum atomic E-state index is -1.28. The Morgan fingerprint density at radius 2 is 1.42 bits per heavy atom. The van der Waals surface area contributed by atoms with Crippen LogP contribution in [0.2, 0.25) is 0 Å². The smallest absolute Gasteiger partial charge is 0.339 e. The fourth-order valence-corrected chi connectivity index (χ4v) is 3.60. The molecule has 0 amide bonds. The molecule has 0 radical (unpaired) electrons. The van der Waals surface area contributed by atoms with Crippen LogP contribution in [0, 0.1) is 0 Å². The molecule has 2 aromatic rings. The number of rotatable bonds is 7. The predicted octanol–water partition coefficient (Wildman–Crippen LogP) is 4.10. The van der Waals surface area contributed by atoms with E-state index in [1.807, 2.05) is 43.3 Å². The van der Waals surface area contributed by atoms with Crippen LogP contribution in [0.3, 0.4) is 0 Å². The maximum Gasteiger partial charge on any atom is 0.339 e. The molecule has 3 rings (SSSR count). The first-order valence-electron chi connectivity index (χ1n) is 10.5. The second-order valence-corrected chi connectivity index (χ2v) is 8.08. The average Bonchev–Trinajstić information content (AvgIpc) is 3.14. The van der Waals surface area contributed by atoms with Gasteiger partial charge >= 0.3 is 11.9 Å². The van der Waals surface area contributed by atoms with Crippen molar-refractivity contribution in [2.75, 3.05) is 7.11 Å². The first kappa shape index (κ1) is 23.0. The molecule has 0 saturated carbocycles. The molecule has 0 aliphatic carbocycles. The lowest BCUT2D eigenvalue weighted by molar-refractivity contribution is -0.199. The summed E-state index contributed by atoms with van der Waals surface area (Å²) in [6.07, 6.45) is -2.78. The van der Waals surface area contributed by atoms with Crippen molar-refractivity contribution in [2.24, 2.45) is 0 Å². The van der Waals surface area contributed by atoms with Crippen molar-refractivity contribution in [3.63, 3.8) is 0 Å². The maximum absolute atomic E-state index is 12.7. The number of ether oxygens (including phenoxy) is 5. The highest BCUT2D eigenvalue weighted by Gasteiger charge is 2.55. The lowest BCUT2D eigenvalue weighted by Crippen LogP contribution is -2.40. The molecule has 7 heteroatoms. The summed E-state index contributed by atoms with van der Waals surface area (Å²) in [4.78, 5) is 25.5. The largest absolute Gasteiger partial charge is 0.497 e. The van der Waals surface area contributed by atoms with Gasteiger partial charge in [-0.05, 0) is 56.7 Å². The third kappa shape index (κ3) is 4.83. The highest BCUT2D eigenvalue weighted by Crippen LogP contribution is 2.42. The minimum absolute atomic E-state index is 0.356. The van der Waals surface area contributed by atoms with Crippen molar-refractivity contribution in [3.05, 3.63) is 42.0 Å². The van der Waals surface area contributed by atoms with Gasteiger partial charge in [-0.1, -0.05) is 25.1 Å². The van der Waals surface area contributed by atoms with E-state index in [0.29, 0.717) is 12.0 Å². The van der Waals surface area contributed by atoms with Crippen LogP contribution in [0.5, 0.6) is 5.75 Å². The molecule has 0 aromatic heterocycles. The molecule has 168 valence electrons. The number of fused-ring (bicyclic) bond motifs is 1. The monoisotopic (exact) mass is 430 g/mol. The van der Waals surface area contributed by atoms with E-state index < -0.39 is 29.9 Å². The van der Waals surface area contributed by atoms with Gasteiger partial charge < -0.3 is 23.7 Å². The molecule has 0 spiro atoms. The van der Waals surface area contributed by atoms with Crippen LogP contribution >= 0.6 is 0 Å². The topological polar surface area (TPSA) is 80.3 Å². The SMILES string of the molecule is CCC1(c2ccc3cc(OC)ccc3c2)OC(C(=O)OC(C)C)C(C(=O)OC(C)C)O1. The summed E-state index contributed by atoms with van der Waals surface area (Å²) in [7, 11) is 1.62. The highest BCUT2D eigenvalue weighted by molar-refractivity contribution is 5.87. The quantitative estimate of drug-likeness (QED) is 0.612. The zero-order chi connectivity index (χ0) is 22.8. The van der Waals surface area contributed by atoms with Crippen LogP contribution in [-0.4, -0.2) is 43.5 Å². The van der Waals surface area contributed by atoms with Gasteiger partial charge in [-0.3, -0.25) is 0 Å². The number of hydrogen-bond donors (Lipinski definition) is 0. The maximum atomic E-state index is 12.7. The van der Waals surface area contributed by atoms with E-state index in [1.165, 1.54) is 0 Å². The Morgan fingerprint density at radius 3 is 1.90 bits per heavy atom. The van der Waals surface area contributed by atoms with Crippen molar-refractivity contribution in [3.8, 4) is 5.75 Å². The normalized spacial score (nSPS) is 23.4. The zero-order valence-electron chi connectivity index (χ0n) is 18.8. The Labute approximate surface area is 182 Å². The summed E-state index contributed by atoms with van der Waals surface area (Å²) >= 11 is 0. The van der Waals surface area contributed by atoms with Gasteiger partial charge in [-0.25, -0.2) is 9.59 Å². The van der Waals surface area contributed by atoms with Crippen LogP contribution in [0.15, 0.2) is 36.4 Å². The summed E-state index contributed by atoms with van der Waals surface area (Å²) in [6.45, 7) is 8.82. The standard InChI is InChI=1S/C24H30O7/c1-7-24(18-10-8-17-13-19(27-6)11-9-16(17)12-18)30-20(22(25)28-14(2)3)21(31-24)23(26)29-15(4)5/h8-15,20-21H,7H2,1-6H3. The van der Waals surface area contributed by atoms with Crippen LogP contribution in [-0.2, 0) is 34.3 Å². The molecule has 1 saturated heterocycles. The molecule has 0 N–H and O–H groups in total. The zero-order valence-corrected chi connectivity index (χ0v) is 18.8. The van der Waals surface area contributed by atoms with E-state index in [0.717, 1.165) is 16.5 Å². The Kier molecular flexibility index (Phi) is 6.86. The minimum Gasteiger partial charge on any atom is -0.497 e. The fourth-order valence-electron chi connectivity index (χ4n) is 3.60. The fraction of sp³-hybridized carbons (Fsp3) is 0.500. The van der Waals surface area contributed by atoms with Crippen LogP contribution < -0.4 is 4.74 Å². The van der Waals surface area contributed by atoms with E-state index in [1.54, 1.807) is 34.8 Å². The van der Waals surface area contributed by atoms with Crippen molar-refractivity contribution in [1.29, 1.82) is 0 Å². The van der Waals surface area contributed by atoms with Gasteiger partial charge in [0.1, 0.15) is 5.75 Å². The van der Waals surface area contributed by atoms with Gasteiger partial charge in [0.2, 0.25) is 0 Å². The van der Waals surface area contributed by atoms with E-state index in [2.05, 4.69) is 0 Å². The molecule has 2 atom stereocenters. The summed E-state index contributed by atoms with van der Waals surface area (Å²) in [5, 5.41) is 1.94. The molecule has 1 heterocycles. The summed E-state index contributed by atoms with van der Waals surface area (Å²) < 4.78 is 28.2. The van der Waals surface area contributed by atoms with Gasteiger partial charge in [0.15, 0.2) is 18.0 Å². The van der Waals surface area contributed by atoms with E-state index in [9.17, 15) is 9.59 Å². The van der Waals surface area contributed by atoms with Gasteiger partial charge in [-0.2, -0.15) is 0 Å². The molecular weight excluding hydrogens is 400 g/mol. The third-order valence-corrected chi connectivity index (χ3v) is 5.03. The number of benzene rings is 2. The average molecular weight is 430 g/mol. The lowest BCUT2D eigenvalue weighted by atomic mass is 9.99. The molecule has 0 bridgehead atoms. The summed E-state index contributed by atoms with van der Waals surface area (Å²) in [5.74, 6) is -1.83. The van der Waals surface area contributed by atoms with Gasteiger partial charge in [0, 0.05) is 12.0 Å². The van der Waals surface area contributed by atoms with E-state index in [-0.39, 0.29) is 12.2 Å². The molecule has 1 aliphatic rings. The van der Waals surface area contributed by atoms with Crippen LogP contribution in [0.25, 0.3) is 10.8 Å². The number of methoxy groups -OCH3 is 1. The van der Waals surface area contributed by atoms with E-state index >= 15 is 0 Å². The van der Waals surface area contributed by atoms with E-state index in [4.69, 9.17) is 23.7 Å². The molecule has 2 unspecified atom stereocenters. The second-order valence-electron chi connectivity index (χ2n) is 8.08. The van der Waals surface area contributed by atoms with Crippen molar-refractivity contribution in [2.45, 2.75) is 71.2 Å². The number of carbonyl (C=O) groups is 2. The number of hydrogen-bond acceptors (Lipinski definition) is 7. The molecule has 1 fully saturated rings. The van der Waals surface area contributed by atoms with Crippen molar-refractivity contribution < 1.29 is 33.3 Å². The predicted molar refractivity (Wildman–Crippen MR) is 115 cm³/mol. The van der Waals surface area contributed by atoms with Crippen molar-refractivity contribution in [1.82, 2.24) is 0 Å². The van der Waals surface area contributed by atoms with Gasteiger partial charge in [-0.15, -0.1) is 0 Å². The number of esters is 2. The highest BCUT2D eigenvalue weighted by atomic mass is 16.8. The Balaban J connectivity index is 1.99. The number of carbonyl (C=O) groups excluding carboxylic acids is 2. The lowest BCUT2D eigenvalue weighted by Gasteiger charge is -2.27. The summed E-state index contributed by atoms with van der Waals surface area (Å²) in [5.41, 5.74) is 0.704. The first-order valence-corrected chi connectivity index (χ1v) is 10.5. The second kappa shape index (κ2) is 9.24. The molecule has 7 nitrogen and oxygen atoms in total. The molecular formula is C24H30O7. The molecule has 1 aliphatic heterocycles. The first-order chi connectivity index (χ1) is 14.7. The van der Waals surface area contributed by atoms with Gasteiger partial charge in [0.05, 0.1) is 19.3 Å². The Hall–Kier alpha value is -2.64. The molecule has 2 aromatic carbocycles. The van der Waals surface area contributed by atoms with Crippen molar-refractivity contribution >= 4 is 22.7 Å². The van der Waals surface area contributed by atoms with Gasteiger partial charge in [0.25, 0.3) is 0 Å². The van der Waals surface area contributed by atoms with Crippen LogP contribution in [0.4, 0.5) is 0 Å².